The fraction of sp³-hybridized carbons (Fsp3) is 0.300. The third kappa shape index (κ3) is 4.41. The maximum Gasteiger partial charge on any atom is 0.433 e. The highest BCUT2D eigenvalue weighted by Crippen LogP contribution is 2.31. The van der Waals surface area contributed by atoms with Crippen molar-refractivity contribution in [3.05, 3.63) is 47.5 Å². The second kappa shape index (κ2) is 8.06. The van der Waals surface area contributed by atoms with Crippen LogP contribution in [0.3, 0.4) is 0 Å². The summed E-state index contributed by atoms with van der Waals surface area (Å²) in [5.41, 5.74) is -0.220. The molecule has 0 atom stereocenters. The van der Waals surface area contributed by atoms with E-state index in [4.69, 9.17) is 4.74 Å². The second-order valence-electron chi connectivity index (χ2n) is 6.97. The molecule has 1 saturated heterocycles. The fourth-order valence-electron chi connectivity index (χ4n) is 3.18. The van der Waals surface area contributed by atoms with Gasteiger partial charge in [-0.2, -0.15) is 13.2 Å². The first-order valence-electron chi connectivity index (χ1n) is 9.37. The van der Waals surface area contributed by atoms with Crippen molar-refractivity contribution < 1.29 is 27.1 Å². The fourth-order valence-corrected chi connectivity index (χ4v) is 3.18. The molecule has 2 aromatic heterocycles. The van der Waals surface area contributed by atoms with Crippen LogP contribution < -0.4 is 5.32 Å². The molecule has 0 spiro atoms. The van der Waals surface area contributed by atoms with Gasteiger partial charge in [0.15, 0.2) is 5.82 Å². The summed E-state index contributed by atoms with van der Waals surface area (Å²) >= 11 is 0. The van der Waals surface area contributed by atoms with Crippen molar-refractivity contribution in [2.45, 2.75) is 13.1 Å². The molecule has 1 fully saturated rings. The highest BCUT2D eigenvalue weighted by Gasteiger charge is 2.33. The zero-order valence-electron chi connectivity index (χ0n) is 16.3. The van der Waals surface area contributed by atoms with E-state index < -0.39 is 23.7 Å². The van der Waals surface area contributed by atoms with Gasteiger partial charge in [0.05, 0.1) is 30.6 Å². The van der Waals surface area contributed by atoms with E-state index in [0.717, 1.165) is 12.1 Å². The SMILES string of the molecule is Cc1cc(C(F)(F)F)nc2cnc(-c3ccc(NC(=O)N4CCOCC4)c(F)c3)nc12. The summed E-state index contributed by atoms with van der Waals surface area (Å²) in [5, 5.41) is 2.52. The number of rotatable bonds is 2. The molecule has 3 aromatic rings. The first-order valence-corrected chi connectivity index (χ1v) is 9.37. The van der Waals surface area contributed by atoms with Crippen LogP contribution in [0.15, 0.2) is 30.5 Å². The lowest BCUT2D eigenvalue weighted by molar-refractivity contribution is -0.141. The summed E-state index contributed by atoms with van der Waals surface area (Å²) in [7, 11) is 0. The predicted octanol–water partition coefficient (Wildman–Crippen LogP) is 4.02. The standard InChI is InChI=1S/C20H17F4N5O2/c1-11-8-16(20(22,23)24)26-15-10-25-18(28-17(11)15)12-2-3-14(13(21)9-12)27-19(30)29-4-6-31-7-5-29/h2-3,8-10H,4-7H2,1H3,(H,27,30). The lowest BCUT2D eigenvalue weighted by Gasteiger charge is -2.27. The number of urea groups is 1. The van der Waals surface area contributed by atoms with Crippen molar-refractivity contribution in [3.8, 4) is 11.4 Å². The van der Waals surface area contributed by atoms with Crippen molar-refractivity contribution in [1.29, 1.82) is 0 Å². The normalized spacial score (nSPS) is 14.7. The number of morpholine rings is 1. The van der Waals surface area contributed by atoms with Crippen LogP contribution in [-0.2, 0) is 10.9 Å². The van der Waals surface area contributed by atoms with E-state index in [2.05, 4.69) is 20.3 Å². The molecule has 2 amide bonds. The van der Waals surface area contributed by atoms with Gasteiger partial charge >= 0.3 is 12.2 Å². The van der Waals surface area contributed by atoms with Crippen LogP contribution in [0.5, 0.6) is 0 Å². The predicted molar refractivity (Wildman–Crippen MR) is 104 cm³/mol. The number of carbonyl (C=O) groups is 1. The van der Waals surface area contributed by atoms with Crippen LogP contribution >= 0.6 is 0 Å². The summed E-state index contributed by atoms with van der Waals surface area (Å²) in [6.07, 6.45) is -3.41. The minimum Gasteiger partial charge on any atom is -0.378 e. The molecule has 0 saturated carbocycles. The lowest BCUT2D eigenvalue weighted by atomic mass is 10.1. The van der Waals surface area contributed by atoms with Crippen molar-refractivity contribution in [1.82, 2.24) is 19.9 Å². The smallest absolute Gasteiger partial charge is 0.378 e. The maximum absolute atomic E-state index is 14.6. The number of benzene rings is 1. The summed E-state index contributed by atoms with van der Waals surface area (Å²) in [4.78, 5) is 25.6. The van der Waals surface area contributed by atoms with Gasteiger partial charge in [-0.3, -0.25) is 0 Å². The third-order valence-corrected chi connectivity index (χ3v) is 4.79. The summed E-state index contributed by atoms with van der Waals surface area (Å²) < 4.78 is 58.6. The number of alkyl halides is 3. The van der Waals surface area contributed by atoms with Gasteiger partial charge in [-0.15, -0.1) is 0 Å². The Kier molecular flexibility index (Phi) is 5.44. The molecular weight excluding hydrogens is 418 g/mol. The number of nitrogens with one attached hydrogen (secondary N) is 1. The largest absolute Gasteiger partial charge is 0.433 e. The lowest BCUT2D eigenvalue weighted by Crippen LogP contribution is -2.43. The molecule has 7 nitrogen and oxygen atoms in total. The number of hydrogen-bond acceptors (Lipinski definition) is 5. The van der Waals surface area contributed by atoms with Gasteiger partial charge in [0.25, 0.3) is 0 Å². The van der Waals surface area contributed by atoms with Gasteiger partial charge in [-0.25, -0.2) is 24.1 Å². The molecule has 0 unspecified atom stereocenters. The molecule has 31 heavy (non-hydrogen) atoms. The Morgan fingerprint density at radius 1 is 1.16 bits per heavy atom. The van der Waals surface area contributed by atoms with E-state index in [-0.39, 0.29) is 28.1 Å². The molecule has 1 N–H and O–H groups in total. The van der Waals surface area contributed by atoms with E-state index in [1.54, 1.807) is 0 Å². The molecule has 4 rings (SSSR count). The van der Waals surface area contributed by atoms with E-state index in [1.807, 2.05) is 0 Å². The number of aromatic nitrogens is 3. The van der Waals surface area contributed by atoms with Gasteiger partial charge in [0.2, 0.25) is 0 Å². The Labute approximate surface area is 174 Å². The van der Waals surface area contributed by atoms with Crippen LogP contribution in [0.4, 0.5) is 28.0 Å². The van der Waals surface area contributed by atoms with Crippen molar-refractivity contribution in [2.24, 2.45) is 0 Å². The zero-order chi connectivity index (χ0) is 22.2. The topological polar surface area (TPSA) is 80.2 Å². The Hall–Kier alpha value is -3.34. The number of fused-ring (bicyclic) bond motifs is 1. The molecule has 0 aliphatic carbocycles. The van der Waals surface area contributed by atoms with Gasteiger partial charge < -0.3 is 15.0 Å². The van der Waals surface area contributed by atoms with Crippen LogP contribution in [0.25, 0.3) is 22.4 Å². The van der Waals surface area contributed by atoms with Gasteiger partial charge in [0, 0.05) is 18.7 Å². The molecule has 1 aliphatic rings. The monoisotopic (exact) mass is 435 g/mol. The van der Waals surface area contributed by atoms with Crippen molar-refractivity contribution in [2.75, 3.05) is 31.6 Å². The summed E-state index contributed by atoms with van der Waals surface area (Å²) in [6.45, 7) is 3.17. The number of nitrogens with zero attached hydrogens (tertiary/aromatic N) is 4. The molecule has 0 radical (unpaired) electrons. The van der Waals surface area contributed by atoms with E-state index in [0.29, 0.717) is 31.9 Å². The maximum atomic E-state index is 14.6. The second-order valence-corrected chi connectivity index (χ2v) is 6.97. The highest BCUT2D eigenvalue weighted by atomic mass is 19.4. The molecule has 1 aromatic carbocycles. The number of anilines is 1. The number of hydrogen-bond donors (Lipinski definition) is 1. The van der Waals surface area contributed by atoms with Crippen LogP contribution in [-0.4, -0.2) is 52.2 Å². The first-order chi connectivity index (χ1) is 14.7. The minimum absolute atomic E-state index is 0.00584. The first kappa shape index (κ1) is 20.9. The minimum atomic E-state index is -4.58. The summed E-state index contributed by atoms with van der Waals surface area (Å²) in [5.74, 6) is -0.563. The molecular formula is C20H17F4N5O2. The molecule has 3 heterocycles. The molecule has 1 aliphatic heterocycles. The number of pyridine rings is 1. The average molecular weight is 435 g/mol. The third-order valence-electron chi connectivity index (χ3n) is 4.79. The van der Waals surface area contributed by atoms with Gasteiger partial charge in [-0.1, -0.05) is 0 Å². The average Bonchev–Trinajstić information content (AvgIpc) is 2.75. The van der Waals surface area contributed by atoms with Crippen LogP contribution in [0, 0.1) is 12.7 Å². The zero-order valence-corrected chi connectivity index (χ0v) is 16.3. The van der Waals surface area contributed by atoms with E-state index in [9.17, 15) is 22.4 Å². The number of ether oxygens (including phenoxy) is 1. The quantitative estimate of drug-likeness (QED) is 0.615. The Bertz CT molecular complexity index is 1150. The summed E-state index contributed by atoms with van der Waals surface area (Å²) in [6, 6.07) is 4.53. The van der Waals surface area contributed by atoms with E-state index >= 15 is 0 Å². The Morgan fingerprint density at radius 2 is 1.90 bits per heavy atom. The van der Waals surface area contributed by atoms with Crippen LogP contribution in [0.2, 0.25) is 0 Å². The molecule has 0 bridgehead atoms. The van der Waals surface area contributed by atoms with Crippen molar-refractivity contribution >= 4 is 22.8 Å². The van der Waals surface area contributed by atoms with E-state index in [1.165, 1.54) is 30.2 Å². The molecule has 11 heteroatoms. The Balaban J connectivity index is 1.60. The van der Waals surface area contributed by atoms with Gasteiger partial charge in [-0.05, 0) is 36.8 Å². The number of amides is 2. The van der Waals surface area contributed by atoms with Gasteiger partial charge in [0.1, 0.15) is 17.0 Å². The Morgan fingerprint density at radius 3 is 2.58 bits per heavy atom. The van der Waals surface area contributed by atoms with Crippen molar-refractivity contribution in [3.63, 3.8) is 0 Å². The highest BCUT2D eigenvalue weighted by molar-refractivity contribution is 5.90. The van der Waals surface area contributed by atoms with Crippen LogP contribution in [0.1, 0.15) is 11.3 Å². The number of halogens is 4. The number of carbonyl (C=O) groups excluding carboxylic acids is 1. The molecule has 162 valence electrons. The number of aryl methyl sites for hydroxylation is 1.